The molecule has 31 heavy (non-hydrogen) atoms. The van der Waals surface area contributed by atoms with Crippen molar-refractivity contribution in [2.45, 2.75) is 52.2 Å². The molecule has 4 rings (SSSR count). The fourth-order valence-corrected chi connectivity index (χ4v) is 4.77. The number of carbonyl (C=O) groups excluding carboxylic acids is 1. The summed E-state index contributed by atoms with van der Waals surface area (Å²) in [5.41, 5.74) is 4.22. The smallest absolute Gasteiger partial charge is 0.272 e. The van der Waals surface area contributed by atoms with Gasteiger partial charge in [0.2, 0.25) is 0 Å². The van der Waals surface area contributed by atoms with Crippen molar-refractivity contribution in [2.24, 2.45) is 5.92 Å². The summed E-state index contributed by atoms with van der Waals surface area (Å²) in [6.45, 7) is 9.61. The number of pyridine rings is 1. The Bertz CT molecular complexity index is 870. The Morgan fingerprint density at radius 3 is 2.58 bits per heavy atom. The van der Waals surface area contributed by atoms with Crippen LogP contribution in [0.25, 0.3) is 0 Å². The van der Waals surface area contributed by atoms with Gasteiger partial charge in [-0.25, -0.2) is 4.98 Å². The Labute approximate surface area is 186 Å². The predicted octanol–water partition coefficient (Wildman–Crippen LogP) is 4.23. The number of nitrogens with zero attached hydrogens (tertiary/aromatic N) is 3. The molecule has 1 amide bonds. The second kappa shape index (κ2) is 10.4. The molecule has 5 heteroatoms. The van der Waals surface area contributed by atoms with Crippen LogP contribution in [0.4, 0.5) is 0 Å². The highest BCUT2D eigenvalue weighted by Crippen LogP contribution is 2.23. The molecular formula is C26H35N3O2. The molecule has 1 aromatic heterocycles. The van der Waals surface area contributed by atoms with Gasteiger partial charge in [0.25, 0.3) is 5.91 Å². The van der Waals surface area contributed by atoms with Crippen molar-refractivity contribution < 1.29 is 9.53 Å². The third kappa shape index (κ3) is 5.92. The van der Waals surface area contributed by atoms with Crippen molar-refractivity contribution in [1.29, 1.82) is 0 Å². The Morgan fingerprint density at radius 1 is 1.06 bits per heavy atom. The number of likely N-dealkylation sites (tertiary alicyclic amines) is 1. The fraction of sp³-hybridized carbons (Fsp3) is 0.538. The van der Waals surface area contributed by atoms with Crippen LogP contribution in [-0.4, -0.2) is 59.6 Å². The number of hydrogen-bond acceptors (Lipinski definition) is 4. The second-order valence-electron chi connectivity index (χ2n) is 9.16. The first-order valence-electron chi connectivity index (χ1n) is 11.7. The molecule has 2 aromatic rings. The summed E-state index contributed by atoms with van der Waals surface area (Å²) in [6, 6.07) is 14.4. The number of carbonyl (C=O) groups is 1. The van der Waals surface area contributed by atoms with Crippen LogP contribution < -0.4 is 0 Å². The van der Waals surface area contributed by atoms with Gasteiger partial charge >= 0.3 is 0 Å². The molecule has 1 atom stereocenters. The number of aryl methyl sites for hydroxylation is 2. The van der Waals surface area contributed by atoms with E-state index in [9.17, 15) is 4.79 Å². The van der Waals surface area contributed by atoms with Gasteiger partial charge in [-0.1, -0.05) is 30.3 Å². The Balaban J connectivity index is 1.36. The van der Waals surface area contributed by atoms with Crippen molar-refractivity contribution in [3.05, 3.63) is 65.0 Å². The molecule has 0 N–H and O–H groups in total. The maximum Gasteiger partial charge on any atom is 0.272 e. The molecule has 0 aliphatic carbocycles. The van der Waals surface area contributed by atoms with E-state index in [1.165, 1.54) is 11.1 Å². The monoisotopic (exact) mass is 421 g/mol. The highest BCUT2D eigenvalue weighted by Gasteiger charge is 2.28. The van der Waals surface area contributed by atoms with E-state index in [4.69, 9.17) is 4.74 Å². The van der Waals surface area contributed by atoms with Crippen LogP contribution in [0.5, 0.6) is 0 Å². The number of rotatable bonds is 7. The van der Waals surface area contributed by atoms with Crippen molar-refractivity contribution in [3.63, 3.8) is 0 Å². The maximum atomic E-state index is 13.3. The fourth-order valence-electron chi connectivity index (χ4n) is 4.77. The summed E-state index contributed by atoms with van der Waals surface area (Å²) in [5, 5.41) is 0. The molecule has 2 saturated heterocycles. The lowest BCUT2D eigenvalue weighted by Gasteiger charge is -2.35. The van der Waals surface area contributed by atoms with Crippen molar-refractivity contribution in [2.75, 3.05) is 32.8 Å². The van der Waals surface area contributed by atoms with Crippen LogP contribution in [0.1, 0.15) is 53.0 Å². The Morgan fingerprint density at radius 2 is 1.87 bits per heavy atom. The third-order valence-electron chi connectivity index (χ3n) is 6.68. The molecule has 3 heterocycles. The standard InChI is InChI=1S/C26H35N3O2/c1-20-7-3-4-9-23(20)18-28-14-12-22(13-15-28)17-29(19-24-10-6-16-31-24)26(30)25-11-5-8-21(2)27-25/h3-5,7-9,11,22,24H,6,10,12-19H2,1-2H3. The van der Waals surface area contributed by atoms with E-state index in [1.807, 2.05) is 30.0 Å². The van der Waals surface area contributed by atoms with Gasteiger partial charge in [-0.2, -0.15) is 0 Å². The topological polar surface area (TPSA) is 45.7 Å². The molecule has 1 aromatic carbocycles. The first-order valence-corrected chi connectivity index (χ1v) is 11.7. The summed E-state index contributed by atoms with van der Waals surface area (Å²) < 4.78 is 5.85. The van der Waals surface area contributed by atoms with E-state index in [2.05, 4.69) is 41.1 Å². The molecule has 0 bridgehead atoms. The van der Waals surface area contributed by atoms with E-state index in [-0.39, 0.29) is 12.0 Å². The predicted molar refractivity (Wildman–Crippen MR) is 123 cm³/mol. The number of piperidine rings is 1. The number of ether oxygens (including phenoxy) is 1. The molecule has 2 fully saturated rings. The Hall–Kier alpha value is -2.24. The first kappa shape index (κ1) is 22.0. The van der Waals surface area contributed by atoms with Crippen molar-refractivity contribution in [3.8, 4) is 0 Å². The minimum atomic E-state index is 0.0431. The van der Waals surface area contributed by atoms with Gasteiger partial charge in [0, 0.05) is 31.9 Å². The van der Waals surface area contributed by atoms with Gasteiger partial charge in [0.15, 0.2) is 0 Å². The molecule has 0 radical (unpaired) electrons. The zero-order valence-electron chi connectivity index (χ0n) is 18.9. The van der Waals surface area contributed by atoms with E-state index in [0.717, 1.165) is 64.2 Å². The molecule has 0 spiro atoms. The van der Waals surface area contributed by atoms with Gasteiger partial charge in [-0.15, -0.1) is 0 Å². The van der Waals surface area contributed by atoms with E-state index >= 15 is 0 Å². The summed E-state index contributed by atoms with van der Waals surface area (Å²) in [6.07, 6.45) is 4.55. The van der Waals surface area contributed by atoms with E-state index in [0.29, 0.717) is 18.2 Å². The average Bonchev–Trinajstić information content (AvgIpc) is 3.29. The second-order valence-corrected chi connectivity index (χ2v) is 9.16. The number of benzene rings is 1. The first-order chi connectivity index (χ1) is 15.1. The van der Waals surface area contributed by atoms with Crippen LogP contribution in [-0.2, 0) is 11.3 Å². The molecule has 1 unspecified atom stereocenters. The van der Waals surface area contributed by atoms with Crippen molar-refractivity contribution in [1.82, 2.24) is 14.8 Å². The molecule has 2 aliphatic rings. The third-order valence-corrected chi connectivity index (χ3v) is 6.68. The summed E-state index contributed by atoms with van der Waals surface area (Å²) in [5.74, 6) is 0.574. The van der Waals surface area contributed by atoms with Gasteiger partial charge in [0.05, 0.1) is 6.10 Å². The lowest BCUT2D eigenvalue weighted by Crippen LogP contribution is -2.43. The SMILES string of the molecule is Cc1cccc(C(=O)N(CC2CCN(Cc3ccccc3C)CC2)CC2CCCO2)n1. The van der Waals surface area contributed by atoms with Crippen LogP contribution in [0.3, 0.4) is 0 Å². The largest absolute Gasteiger partial charge is 0.376 e. The lowest BCUT2D eigenvalue weighted by molar-refractivity contribution is 0.0440. The quantitative estimate of drug-likeness (QED) is 0.671. The molecule has 166 valence electrons. The van der Waals surface area contributed by atoms with Crippen LogP contribution in [0, 0.1) is 19.8 Å². The number of aromatic nitrogens is 1. The summed E-state index contributed by atoms with van der Waals surface area (Å²) in [4.78, 5) is 22.3. The molecule has 5 nitrogen and oxygen atoms in total. The lowest BCUT2D eigenvalue weighted by atomic mass is 9.95. The van der Waals surface area contributed by atoms with Gasteiger partial charge < -0.3 is 9.64 Å². The zero-order valence-corrected chi connectivity index (χ0v) is 18.9. The summed E-state index contributed by atoms with van der Waals surface area (Å²) in [7, 11) is 0. The normalized spacial score (nSPS) is 20.1. The molecule has 2 aliphatic heterocycles. The van der Waals surface area contributed by atoms with Crippen molar-refractivity contribution >= 4 is 5.91 Å². The highest BCUT2D eigenvalue weighted by molar-refractivity contribution is 5.92. The van der Waals surface area contributed by atoms with Crippen LogP contribution >= 0.6 is 0 Å². The summed E-state index contributed by atoms with van der Waals surface area (Å²) >= 11 is 0. The average molecular weight is 422 g/mol. The number of hydrogen-bond donors (Lipinski definition) is 0. The van der Waals surface area contributed by atoms with Crippen LogP contribution in [0.2, 0.25) is 0 Å². The van der Waals surface area contributed by atoms with Gasteiger partial charge in [0.1, 0.15) is 5.69 Å². The minimum Gasteiger partial charge on any atom is -0.376 e. The Kier molecular flexibility index (Phi) is 7.36. The highest BCUT2D eigenvalue weighted by atomic mass is 16.5. The van der Waals surface area contributed by atoms with E-state index < -0.39 is 0 Å². The zero-order chi connectivity index (χ0) is 21.6. The maximum absolute atomic E-state index is 13.3. The van der Waals surface area contributed by atoms with Gasteiger partial charge in [-0.3, -0.25) is 9.69 Å². The minimum absolute atomic E-state index is 0.0431. The van der Waals surface area contributed by atoms with Crippen LogP contribution in [0.15, 0.2) is 42.5 Å². The molecule has 0 saturated carbocycles. The van der Waals surface area contributed by atoms with E-state index in [1.54, 1.807) is 0 Å². The number of amides is 1. The molecular weight excluding hydrogens is 386 g/mol. The van der Waals surface area contributed by atoms with Gasteiger partial charge in [-0.05, 0) is 81.8 Å².